The Labute approximate surface area is 409 Å². The van der Waals surface area contributed by atoms with Crippen molar-refractivity contribution >= 4 is 79.2 Å². The van der Waals surface area contributed by atoms with Crippen LogP contribution in [0.5, 0.6) is 0 Å². The van der Waals surface area contributed by atoms with Crippen LogP contribution in [0.25, 0.3) is 55.1 Å². The predicted octanol–water partition coefficient (Wildman–Crippen LogP) is 14.0. The van der Waals surface area contributed by atoms with E-state index in [1.807, 2.05) is 33.7 Å². The van der Waals surface area contributed by atoms with Crippen molar-refractivity contribution in [3.05, 3.63) is 215 Å². The maximum absolute atomic E-state index is 16.8. The first-order valence-electron chi connectivity index (χ1n) is 24.8. The van der Waals surface area contributed by atoms with E-state index in [9.17, 15) is 0 Å². The maximum Gasteiger partial charge on any atom is 0.340 e. The van der Waals surface area contributed by atoms with Gasteiger partial charge in [-0.25, -0.2) is 14.3 Å². The lowest BCUT2D eigenvalue weighted by Crippen LogP contribution is -2.63. The lowest BCUT2D eigenvalue weighted by molar-refractivity contribution is 0.249. The molecule has 1 spiro atoms. The van der Waals surface area contributed by atoms with Crippen molar-refractivity contribution in [1.82, 2.24) is 4.57 Å². The number of benzene rings is 8. The molecule has 0 saturated carbocycles. The highest BCUT2D eigenvalue weighted by atomic mass is 16.3. The number of hydrogen-bond donors (Lipinski definition) is 0. The number of nitrogens with zero attached hydrogens (tertiary/aromatic N) is 3. The zero-order chi connectivity index (χ0) is 47.7. The topological polar surface area (TPSA) is 41.6 Å². The van der Waals surface area contributed by atoms with E-state index >= 15 is 4.79 Å². The zero-order valence-electron chi connectivity index (χ0n) is 40.9. The number of allylic oxidation sites excluding steroid dienone is 1. The summed E-state index contributed by atoms with van der Waals surface area (Å²) in [6.07, 6.45) is 2.48. The molecule has 8 aromatic carbocycles. The number of furan rings is 1. The lowest BCUT2D eigenvalue weighted by Gasteiger charge is -2.51. The number of carbonyl (C=O) groups excluding carboxylic acids is 1. The van der Waals surface area contributed by atoms with Crippen molar-refractivity contribution in [3.8, 4) is 22.3 Å². The Bertz CT molecular complexity index is 3900. The normalized spacial score (nSPS) is 15.3. The monoisotopic (exact) mass is 905 g/mol. The minimum Gasteiger partial charge on any atom is -0.456 e. The van der Waals surface area contributed by atoms with Crippen LogP contribution in [-0.2, 0) is 16.2 Å². The fraction of sp³-hybridized carbons (Fsp3) is 0.172. The molecule has 70 heavy (non-hydrogen) atoms. The molecule has 0 bridgehead atoms. The Morgan fingerprint density at radius 3 is 1.87 bits per heavy atom. The van der Waals surface area contributed by atoms with E-state index in [0.717, 1.165) is 72.4 Å². The molecule has 0 unspecified atom stereocenters. The van der Waals surface area contributed by atoms with Gasteiger partial charge in [0.15, 0.2) is 0 Å². The summed E-state index contributed by atoms with van der Waals surface area (Å²) in [4.78, 5) is 21.3. The summed E-state index contributed by atoms with van der Waals surface area (Å²) in [5.74, 6) is 1.73. The van der Waals surface area contributed by atoms with Crippen LogP contribution in [0.2, 0.25) is 0 Å². The average Bonchev–Trinajstić information content (AvgIpc) is 4.00. The average molecular weight is 906 g/mol. The maximum atomic E-state index is 16.8. The molecule has 5 heterocycles. The van der Waals surface area contributed by atoms with Crippen molar-refractivity contribution in [3.63, 3.8) is 0 Å². The quantitative estimate of drug-likeness (QED) is 0.166. The number of aryl methyl sites for hydroxylation is 2. The van der Waals surface area contributed by atoms with Crippen molar-refractivity contribution in [1.29, 1.82) is 0 Å². The summed E-state index contributed by atoms with van der Waals surface area (Å²) in [5, 5.41) is 2.97. The molecule has 5 nitrogen and oxygen atoms in total. The lowest BCUT2D eigenvalue weighted by atomic mass is 9.33. The summed E-state index contributed by atoms with van der Waals surface area (Å²) >= 11 is 0. The molecule has 0 radical (unpaired) electrons. The van der Waals surface area contributed by atoms with Crippen molar-refractivity contribution in [2.75, 3.05) is 9.80 Å². The number of aromatic nitrogens is 1. The van der Waals surface area contributed by atoms with Crippen LogP contribution in [0, 0.1) is 13.8 Å². The minimum absolute atomic E-state index is 0.115. The second-order valence-corrected chi connectivity index (χ2v) is 22.2. The van der Waals surface area contributed by atoms with E-state index in [2.05, 4.69) is 206 Å². The minimum atomic E-state index is -0.790. The first-order valence-corrected chi connectivity index (χ1v) is 24.8. The molecule has 3 aliphatic heterocycles. The van der Waals surface area contributed by atoms with Gasteiger partial charge in [-0.2, -0.15) is 0 Å². The smallest absolute Gasteiger partial charge is 0.340 e. The van der Waals surface area contributed by atoms with E-state index in [1.165, 1.54) is 61.0 Å². The molecule has 2 aromatic heterocycles. The molecule has 0 saturated heterocycles. The third-order valence-corrected chi connectivity index (χ3v) is 16.2. The summed E-state index contributed by atoms with van der Waals surface area (Å²) in [6, 6.07) is 59.6. The highest BCUT2D eigenvalue weighted by molar-refractivity contribution is 7.00. The summed E-state index contributed by atoms with van der Waals surface area (Å²) in [6.45, 7) is 18.2. The van der Waals surface area contributed by atoms with Crippen molar-refractivity contribution in [2.24, 2.45) is 0 Å². The van der Waals surface area contributed by atoms with E-state index in [4.69, 9.17) is 4.42 Å². The van der Waals surface area contributed by atoms with Crippen LogP contribution in [0.4, 0.5) is 22.0 Å². The Kier molecular flexibility index (Phi) is 8.18. The van der Waals surface area contributed by atoms with Gasteiger partial charge in [0.1, 0.15) is 22.8 Å². The summed E-state index contributed by atoms with van der Waals surface area (Å²) < 4.78 is 8.65. The van der Waals surface area contributed by atoms with Gasteiger partial charge in [0, 0.05) is 16.5 Å². The van der Waals surface area contributed by atoms with Crippen LogP contribution in [-0.4, -0.2) is 17.3 Å². The Morgan fingerprint density at radius 2 is 1.17 bits per heavy atom. The molecule has 1 amide bonds. The highest BCUT2D eigenvalue weighted by Gasteiger charge is 2.56. The van der Waals surface area contributed by atoms with Gasteiger partial charge in [-0.1, -0.05) is 198 Å². The Balaban J connectivity index is 1.21. The van der Waals surface area contributed by atoms with Crippen molar-refractivity contribution < 1.29 is 9.21 Å². The summed E-state index contributed by atoms with van der Waals surface area (Å²) in [7, 11) is 0. The van der Waals surface area contributed by atoms with Gasteiger partial charge in [-0.15, -0.1) is 0 Å². The molecule has 0 atom stereocenters. The fourth-order valence-electron chi connectivity index (χ4n) is 12.9. The molecule has 4 aliphatic rings. The van der Waals surface area contributed by atoms with Crippen LogP contribution < -0.4 is 26.2 Å². The van der Waals surface area contributed by atoms with E-state index in [0.29, 0.717) is 0 Å². The predicted molar refractivity (Wildman–Crippen MR) is 291 cm³/mol. The third-order valence-electron chi connectivity index (χ3n) is 16.2. The van der Waals surface area contributed by atoms with Gasteiger partial charge in [0.25, 0.3) is 0 Å². The van der Waals surface area contributed by atoms with Gasteiger partial charge in [0.2, 0.25) is 6.71 Å². The number of fused-ring (bicyclic) bond motifs is 12. The molecule has 1 aliphatic carbocycles. The molecular weight excluding hydrogens is 854 g/mol. The van der Waals surface area contributed by atoms with E-state index < -0.39 is 5.41 Å². The number of amides is 1. The van der Waals surface area contributed by atoms with Gasteiger partial charge >= 0.3 is 6.03 Å². The molecule has 14 rings (SSSR count). The summed E-state index contributed by atoms with van der Waals surface area (Å²) in [5.41, 5.74) is 20.3. The number of rotatable bonds is 3. The molecule has 10 aromatic rings. The number of para-hydroxylation sites is 2. The van der Waals surface area contributed by atoms with Gasteiger partial charge in [-0.3, -0.25) is 4.90 Å². The number of hydrogen-bond acceptors (Lipinski definition) is 3. The SMILES string of the molecule is Cc1cccc(C)c1B1c2cccc3c2N2C(=CC34c3cc(C(C)(C)C)ccc3-c3ccc(C(C)(C)C)cc34)N(c3cccc4oc5ccccc5c34)C(=O)n3c2c1c1c(-c2ccccc2)cccc13. The third kappa shape index (κ3) is 5.26. The fourth-order valence-corrected chi connectivity index (χ4v) is 12.9. The molecular formula is C64H52BN3O2. The second-order valence-electron chi connectivity index (χ2n) is 22.2. The Morgan fingerprint density at radius 1 is 0.543 bits per heavy atom. The zero-order valence-corrected chi connectivity index (χ0v) is 40.9. The number of carbonyl (C=O) groups is 1. The highest BCUT2D eigenvalue weighted by Crippen LogP contribution is 2.61. The van der Waals surface area contributed by atoms with Crippen molar-refractivity contribution in [2.45, 2.75) is 71.6 Å². The van der Waals surface area contributed by atoms with Crippen LogP contribution in [0.15, 0.2) is 180 Å². The molecule has 0 fully saturated rings. The first kappa shape index (κ1) is 41.2. The Hall–Kier alpha value is -7.83. The largest absolute Gasteiger partial charge is 0.456 e. The second kappa shape index (κ2) is 13.9. The van der Waals surface area contributed by atoms with Gasteiger partial charge in [0.05, 0.1) is 22.0 Å². The van der Waals surface area contributed by atoms with Crippen LogP contribution >= 0.6 is 0 Å². The van der Waals surface area contributed by atoms with E-state index in [-0.39, 0.29) is 23.6 Å². The van der Waals surface area contributed by atoms with Gasteiger partial charge in [-0.05, 0) is 116 Å². The number of anilines is 3. The van der Waals surface area contributed by atoms with E-state index in [1.54, 1.807) is 0 Å². The molecule has 6 heteroatoms. The van der Waals surface area contributed by atoms with Gasteiger partial charge < -0.3 is 4.42 Å². The first-order chi connectivity index (χ1) is 33.8. The van der Waals surface area contributed by atoms with Crippen LogP contribution in [0.1, 0.15) is 80.5 Å². The molecule has 338 valence electrons. The standard InChI is InChI=1S/C64H52BN3O2/c1-37-18-14-19-38(2)57(37)65-49-25-16-24-46-59(49)68-54(36-64(46)47-34-40(62(3,4)5)30-32-43(47)44-33-31-41(35-48(44)64)63(6,7)8)66(50-27-17-29-53-55(50)45-22-12-13-28-52(45)70-53)61(69)67-51-26-15-23-42(39-20-10-9-11-21-39)56(51)58(65)60(67)68/h9-36H,1-8H3. The van der Waals surface area contributed by atoms with Crippen LogP contribution in [0.3, 0.4) is 0 Å². The molecule has 0 N–H and O–H groups in total.